The van der Waals surface area contributed by atoms with Crippen molar-refractivity contribution in [2.24, 2.45) is 4.99 Å². The standard InChI is InChI=1S/C11H9F3N2OS/c12-8-3-1-7(2-4-8)11(13,14)9(17)16-10-15-5-6-18-10/h1-4H,5-6H2,(H,15,16,17). The number of halogens is 3. The van der Waals surface area contributed by atoms with Crippen LogP contribution in [0.25, 0.3) is 0 Å². The van der Waals surface area contributed by atoms with Gasteiger partial charge in [-0.3, -0.25) is 15.1 Å². The van der Waals surface area contributed by atoms with Crippen molar-refractivity contribution in [3.63, 3.8) is 0 Å². The number of benzene rings is 1. The van der Waals surface area contributed by atoms with Crippen LogP contribution in [-0.4, -0.2) is 23.4 Å². The first-order valence-corrected chi connectivity index (χ1v) is 6.11. The second-order valence-electron chi connectivity index (χ2n) is 3.57. The molecule has 0 radical (unpaired) electrons. The fraction of sp³-hybridized carbons (Fsp3) is 0.273. The van der Waals surface area contributed by atoms with E-state index in [-0.39, 0.29) is 5.17 Å². The number of rotatable bonds is 2. The van der Waals surface area contributed by atoms with Gasteiger partial charge in [-0.05, 0) is 24.3 Å². The van der Waals surface area contributed by atoms with Crippen molar-refractivity contribution in [1.29, 1.82) is 0 Å². The molecule has 1 aromatic rings. The van der Waals surface area contributed by atoms with E-state index in [1.165, 1.54) is 11.8 Å². The Kier molecular flexibility index (Phi) is 3.60. The highest BCUT2D eigenvalue weighted by Gasteiger charge is 2.41. The number of nitrogens with one attached hydrogen (secondary N) is 1. The summed E-state index contributed by atoms with van der Waals surface area (Å²) in [6.45, 7) is 0.502. The Morgan fingerprint density at radius 2 is 2.00 bits per heavy atom. The van der Waals surface area contributed by atoms with Gasteiger partial charge in [0.15, 0.2) is 5.17 Å². The topological polar surface area (TPSA) is 41.5 Å². The average Bonchev–Trinajstić information content (AvgIpc) is 2.82. The minimum absolute atomic E-state index is 0.196. The third-order valence-electron chi connectivity index (χ3n) is 2.30. The summed E-state index contributed by atoms with van der Waals surface area (Å²) in [5.41, 5.74) is -0.551. The zero-order valence-electron chi connectivity index (χ0n) is 9.12. The van der Waals surface area contributed by atoms with E-state index in [2.05, 4.69) is 10.3 Å². The van der Waals surface area contributed by atoms with Crippen LogP contribution >= 0.6 is 11.8 Å². The van der Waals surface area contributed by atoms with Crippen molar-refractivity contribution in [2.45, 2.75) is 5.92 Å². The number of amides is 1. The molecular weight excluding hydrogens is 265 g/mol. The van der Waals surface area contributed by atoms with Crippen LogP contribution in [0.4, 0.5) is 13.2 Å². The minimum Gasteiger partial charge on any atom is -0.300 e. The molecule has 1 N–H and O–H groups in total. The summed E-state index contributed by atoms with van der Waals surface area (Å²) in [7, 11) is 0. The molecule has 0 bridgehead atoms. The van der Waals surface area contributed by atoms with Gasteiger partial charge in [0, 0.05) is 11.3 Å². The molecule has 0 fully saturated rings. The maximum atomic E-state index is 13.7. The lowest BCUT2D eigenvalue weighted by molar-refractivity contribution is -0.145. The van der Waals surface area contributed by atoms with Gasteiger partial charge in [-0.2, -0.15) is 8.78 Å². The van der Waals surface area contributed by atoms with Crippen LogP contribution in [-0.2, 0) is 10.7 Å². The Balaban J connectivity index is 2.14. The van der Waals surface area contributed by atoms with Crippen LogP contribution < -0.4 is 5.32 Å². The first-order chi connectivity index (χ1) is 8.50. The van der Waals surface area contributed by atoms with Crippen molar-refractivity contribution < 1.29 is 18.0 Å². The summed E-state index contributed by atoms with van der Waals surface area (Å²) < 4.78 is 40.1. The molecule has 0 aliphatic carbocycles. The number of aliphatic imine (C=N–C) groups is 1. The van der Waals surface area contributed by atoms with Crippen molar-refractivity contribution in [3.05, 3.63) is 35.6 Å². The Morgan fingerprint density at radius 3 is 2.56 bits per heavy atom. The molecule has 1 amide bonds. The summed E-state index contributed by atoms with van der Waals surface area (Å²) in [5.74, 6) is -5.13. The van der Waals surface area contributed by atoms with E-state index in [9.17, 15) is 18.0 Å². The van der Waals surface area contributed by atoms with E-state index in [4.69, 9.17) is 0 Å². The second-order valence-corrected chi connectivity index (χ2v) is 4.65. The molecule has 0 saturated heterocycles. The van der Waals surface area contributed by atoms with Crippen molar-refractivity contribution in [1.82, 2.24) is 5.32 Å². The van der Waals surface area contributed by atoms with Gasteiger partial charge in [-0.25, -0.2) is 4.39 Å². The number of carbonyl (C=O) groups is 1. The number of amidine groups is 1. The summed E-state index contributed by atoms with van der Waals surface area (Å²) in [6, 6.07) is 3.55. The molecule has 1 aromatic carbocycles. The fourth-order valence-electron chi connectivity index (χ4n) is 1.38. The molecule has 1 aliphatic heterocycles. The highest BCUT2D eigenvalue weighted by molar-refractivity contribution is 8.14. The average molecular weight is 274 g/mol. The first kappa shape index (κ1) is 12.9. The molecule has 0 aromatic heterocycles. The van der Waals surface area contributed by atoms with Crippen LogP contribution in [0.1, 0.15) is 5.56 Å². The van der Waals surface area contributed by atoms with Crippen LogP contribution in [0.3, 0.4) is 0 Å². The predicted molar refractivity (Wildman–Crippen MR) is 63.2 cm³/mol. The van der Waals surface area contributed by atoms with Gasteiger partial charge in [0.1, 0.15) is 5.82 Å². The molecule has 7 heteroatoms. The summed E-state index contributed by atoms with van der Waals surface area (Å²) in [4.78, 5) is 15.3. The number of hydrogen-bond acceptors (Lipinski definition) is 3. The highest BCUT2D eigenvalue weighted by Crippen LogP contribution is 2.28. The Morgan fingerprint density at radius 1 is 1.33 bits per heavy atom. The van der Waals surface area contributed by atoms with Gasteiger partial charge in [0.25, 0.3) is 0 Å². The quantitative estimate of drug-likeness (QED) is 0.897. The lowest BCUT2D eigenvalue weighted by atomic mass is 10.1. The van der Waals surface area contributed by atoms with E-state index >= 15 is 0 Å². The maximum Gasteiger partial charge on any atom is 0.350 e. The van der Waals surface area contributed by atoms with E-state index in [0.29, 0.717) is 12.3 Å². The normalized spacial score (nSPS) is 15.4. The van der Waals surface area contributed by atoms with Gasteiger partial charge in [-0.15, -0.1) is 0 Å². The van der Waals surface area contributed by atoms with Gasteiger partial charge in [0.2, 0.25) is 0 Å². The van der Waals surface area contributed by atoms with E-state index < -0.39 is 23.2 Å². The molecule has 1 heterocycles. The molecule has 0 atom stereocenters. The molecule has 3 nitrogen and oxygen atoms in total. The number of nitrogens with zero attached hydrogens (tertiary/aromatic N) is 1. The maximum absolute atomic E-state index is 13.7. The molecule has 2 rings (SSSR count). The van der Waals surface area contributed by atoms with Gasteiger partial charge >= 0.3 is 11.8 Å². The van der Waals surface area contributed by atoms with Crippen LogP contribution in [0, 0.1) is 5.82 Å². The van der Waals surface area contributed by atoms with Crippen LogP contribution in [0.2, 0.25) is 0 Å². The highest BCUT2D eigenvalue weighted by atomic mass is 32.2. The molecule has 0 saturated carbocycles. The Labute approximate surface area is 105 Å². The van der Waals surface area contributed by atoms with Crippen LogP contribution in [0.15, 0.2) is 29.3 Å². The van der Waals surface area contributed by atoms with Gasteiger partial charge < -0.3 is 0 Å². The van der Waals surface area contributed by atoms with Crippen LogP contribution in [0.5, 0.6) is 0 Å². The molecule has 0 unspecified atom stereocenters. The van der Waals surface area contributed by atoms with E-state index in [1.54, 1.807) is 0 Å². The Hall–Kier alpha value is -1.50. The third kappa shape index (κ3) is 2.66. The van der Waals surface area contributed by atoms with Crippen molar-refractivity contribution >= 4 is 22.8 Å². The first-order valence-electron chi connectivity index (χ1n) is 5.13. The molecular formula is C11H9F3N2OS. The van der Waals surface area contributed by atoms with Gasteiger partial charge in [-0.1, -0.05) is 11.8 Å². The zero-order valence-corrected chi connectivity index (χ0v) is 9.94. The van der Waals surface area contributed by atoms with Gasteiger partial charge in [0.05, 0.1) is 6.54 Å². The van der Waals surface area contributed by atoms with Crippen molar-refractivity contribution in [3.8, 4) is 0 Å². The van der Waals surface area contributed by atoms with Crippen molar-refractivity contribution in [2.75, 3.05) is 12.3 Å². The number of alkyl halides is 2. The zero-order chi connectivity index (χ0) is 13.2. The summed E-state index contributed by atoms with van der Waals surface area (Å²) in [5, 5.41) is 2.26. The molecule has 1 aliphatic rings. The smallest absolute Gasteiger partial charge is 0.300 e. The minimum atomic E-state index is -3.71. The molecule has 96 valence electrons. The predicted octanol–water partition coefficient (Wildman–Crippen LogP) is 2.14. The summed E-state index contributed by atoms with van der Waals surface area (Å²) in [6.07, 6.45) is 0. The fourth-order valence-corrected chi connectivity index (χ4v) is 2.10. The largest absolute Gasteiger partial charge is 0.350 e. The SMILES string of the molecule is O=C(NC1=NCCS1)C(F)(F)c1ccc(F)cc1. The molecule has 0 spiro atoms. The number of thioether (sulfide) groups is 1. The molecule has 18 heavy (non-hydrogen) atoms. The second kappa shape index (κ2) is 5.01. The van der Waals surface area contributed by atoms with E-state index in [0.717, 1.165) is 24.3 Å². The lowest BCUT2D eigenvalue weighted by Gasteiger charge is -2.15. The monoisotopic (exact) mass is 274 g/mol. The lowest BCUT2D eigenvalue weighted by Crippen LogP contribution is -2.40. The van der Waals surface area contributed by atoms with E-state index in [1.807, 2.05) is 0 Å². The summed E-state index contributed by atoms with van der Waals surface area (Å²) >= 11 is 1.21. The number of carbonyl (C=O) groups excluding carboxylic acids is 1. The number of hydrogen-bond donors (Lipinski definition) is 1. The third-order valence-corrected chi connectivity index (χ3v) is 3.19. The Bertz CT molecular complexity index is 488.